The van der Waals surface area contributed by atoms with Crippen molar-refractivity contribution in [3.63, 3.8) is 0 Å². The molecule has 0 amide bonds. The van der Waals surface area contributed by atoms with Gasteiger partial charge in [-0.1, -0.05) is 81.0 Å². The van der Waals surface area contributed by atoms with Crippen LogP contribution in [0.4, 0.5) is 0 Å². The van der Waals surface area contributed by atoms with Crippen LogP contribution in [0.3, 0.4) is 0 Å². The van der Waals surface area contributed by atoms with Gasteiger partial charge in [-0.05, 0) is 72.2 Å². The van der Waals surface area contributed by atoms with Gasteiger partial charge in [0.1, 0.15) is 11.8 Å². The summed E-state index contributed by atoms with van der Waals surface area (Å²) in [7, 11) is 0. The summed E-state index contributed by atoms with van der Waals surface area (Å²) in [5, 5.41) is 2.70. The quantitative estimate of drug-likeness (QED) is 0.241. The van der Waals surface area contributed by atoms with E-state index in [4.69, 9.17) is 4.98 Å². The lowest BCUT2D eigenvalue weighted by Crippen LogP contribution is -2.19. The maximum absolute atomic E-state index is 4.98. The van der Waals surface area contributed by atoms with E-state index in [2.05, 4.69) is 115 Å². The molecule has 38 heavy (non-hydrogen) atoms. The van der Waals surface area contributed by atoms with E-state index >= 15 is 0 Å². The standard InChI is InChI=1S/C35H31N3/c1-22-16-17-24-25-18-19-29-32(33(25)35(2,3)27(24)20-22)26-12-7-8-13-28(26)38(29)31-15-9-14-30-34(31)36-21-37(30)23-10-5-4-6-11-23/h5,7-19,21-22H,4,6,20H2,1-3H3. The highest BCUT2D eigenvalue weighted by atomic mass is 15.1. The van der Waals surface area contributed by atoms with Gasteiger partial charge < -0.3 is 4.57 Å². The summed E-state index contributed by atoms with van der Waals surface area (Å²) in [5.41, 5.74) is 12.9. The summed E-state index contributed by atoms with van der Waals surface area (Å²) in [6, 6.07) is 20.2. The van der Waals surface area contributed by atoms with Crippen molar-refractivity contribution >= 4 is 44.1 Å². The van der Waals surface area contributed by atoms with Crippen LogP contribution < -0.4 is 0 Å². The Morgan fingerprint density at radius 2 is 1.76 bits per heavy atom. The SMILES string of the molecule is CC1C=CC2=C(C1)C(C)(C)c1c2ccc2c1c1ccccc1n2-c1cccc2c1ncn2C1=CCCC=C1. The summed E-state index contributed by atoms with van der Waals surface area (Å²) in [4.78, 5) is 4.98. The van der Waals surface area contributed by atoms with E-state index in [-0.39, 0.29) is 5.41 Å². The van der Waals surface area contributed by atoms with Gasteiger partial charge in [0.15, 0.2) is 0 Å². The molecule has 1 unspecified atom stereocenters. The molecule has 0 bridgehead atoms. The van der Waals surface area contributed by atoms with Gasteiger partial charge >= 0.3 is 0 Å². The van der Waals surface area contributed by atoms with Gasteiger partial charge in [-0.3, -0.25) is 4.57 Å². The van der Waals surface area contributed by atoms with Crippen LogP contribution in [0, 0.1) is 5.92 Å². The second-order valence-electron chi connectivity index (χ2n) is 11.7. The number of hydrogen-bond acceptors (Lipinski definition) is 1. The van der Waals surface area contributed by atoms with E-state index in [0.717, 1.165) is 36.0 Å². The Hall–Kier alpha value is -4.11. The Balaban J connectivity index is 1.43. The molecule has 5 aromatic rings. The monoisotopic (exact) mass is 493 g/mol. The second kappa shape index (κ2) is 7.70. The van der Waals surface area contributed by atoms with Gasteiger partial charge in [0.05, 0.1) is 22.2 Å². The lowest BCUT2D eigenvalue weighted by atomic mass is 9.75. The lowest BCUT2D eigenvalue weighted by molar-refractivity contribution is 0.569. The third-order valence-corrected chi connectivity index (χ3v) is 9.00. The van der Waals surface area contributed by atoms with Crippen LogP contribution in [0.5, 0.6) is 0 Å². The molecule has 0 spiro atoms. The van der Waals surface area contributed by atoms with Crippen LogP contribution in [0.25, 0.3) is 49.8 Å². The summed E-state index contributed by atoms with van der Waals surface area (Å²) < 4.78 is 4.68. The number of rotatable bonds is 2. The minimum absolute atomic E-state index is 0.00840. The Kier molecular flexibility index (Phi) is 4.45. The fourth-order valence-corrected chi connectivity index (χ4v) is 7.24. The molecule has 0 fully saturated rings. The highest BCUT2D eigenvalue weighted by molar-refractivity contribution is 6.14. The molecule has 3 aromatic carbocycles. The molecule has 3 aliphatic rings. The molecule has 186 valence electrons. The first-order valence-electron chi connectivity index (χ1n) is 13.9. The zero-order valence-corrected chi connectivity index (χ0v) is 22.2. The number of imidazole rings is 1. The van der Waals surface area contributed by atoms with E-state index in [9.17, 15) is 0 Å². The van der Waals surface area contributed by atoms with Gasteiger partial charge in [0.25, 0.3) is 0 Å². The van der Waals surface area contributed by atoms with E-state index in [0.29, 0.717) is 5.92 Å². The number of allylic oxidation sites excluding steroid dienone is 8. The van der Waals surface area contributed by atoms with Crippen molar-refractivity contribution in [1.29, 1.82) is 0 Å². The average Bonchev–Trinajstić information content (AvgIpc) is 3.58. The average molecular weight is 494 g/mol. The smallest absolute Gasteiger partial charge is 0.113 e. The molecule has 8 rings (SSSR count). The second-order valence-corrected chi connectivity index (χ2v) is 11.7. The van der Waals surface area contributed by atoms with Crippen molar-refractivity contribution < 1.29 is 0 Å². The minimum Gasteiger partial charge on any atom is -0.307 e. The normalized spacial score (nSPS) is 20.0. The van der Waals surface area contributed by atoms with Crippen LogP contribution >= 0.6 is 0 Å². The first kappa shape index (κ1) is 21.9. The summed E-state index contributed by atoms with van der Waals surface area (Å²) in [6.07, 6.45) is 16.8. The van der Waals surface area contributed by atoms with E-state index in [1.165, 1.54) is 44.2 Å². The van der Waals surface area contributed by atoms with Gasteiger partial charge in [0, 0.05) is 21.9 Å². The molecule has 3 aliphatic carbocycles. The van der Waals surface area contributed by atoms with Crippen molar-refractivity contribution in [3.8, 4) is 5.69 Å². The van der Waals surface area contributed by atoms with Crippen molar-refractivity contribution in [2.24, 2.45) is 5.92 Å². The number of para-hydroxylation sites is 2. The fourth-order valence-electron chi connectivity index (χ4n) is 7.24. The largest absolute Gasteiger partial charge is 0.307 e. The number of aromatic nitrogens is 3. The maximum Gasteiger partial charge on any atom is 0.113 e. The van der Waals surface area contributed by atoms with Crippen molar-refractivity contribution in [2.45, 2.75) is 45.4 Å². The third-order valence-electron chi connectivity index (χ3n) is 9.00. The van der Waals surface area contributed by atoms with Crippen LogP contribution in [0.1, 0.15) is 51.2 Å². The summed E-state index contributed by atoms with van der Waals surface area (Å²) in [6.45, 7) is 7.19. The third kappa shape index (κ3) is 2.82. The summed E-state index contributed by atoms with van der Waals surface area (Å²) >= 11 is 0. The van der Waals surface area contributed by atoms with Crippen molar-refractivity contribution in [3.05, 3.63) is 108 Å². The molecule has 3 heteroatoms. The summed E-state index contributed by atoms with van der Waals surface area (Å²) in [5.74, 6) is 0.584. The Bertz CT molecular complexity index is 1930. The maximum atomic E-state index is 4.98. The van der Waals surface area contributed by atoms with Crippen LogP contribution in [0.2, 0.25) is 0 Å². The molecule has 2 heterocycles. The molecular weight excluding hydrogens is 462 g/mol. The number of hydrogen-bond donors (Lipinski definition) is 0. The number of fused-ring (bicyclic) bond motifs is 7. The molecule has 0 aliphatic heterocycles. The van der Waals surface area contributed by atoms with Crippen molar-refractivity contribution in [1.82, 2.24) is 14.1 Å². The van der Waals surface area contributed by atoms with E-state index in [1.54, 1.807) is 5.57 Å². The van der Waals surface area contributed by atoms with Crippen LogP contribution in [-0.2, 0) is 5.41 Å². The van der Waals surface area contributed by atoms with Crippen molar-refractivity contribution in [2.75, 3.05) is 0 Å². The zero-order valence-electron chi connectivity index (χ0n) is 22.2. The molecule has 0 saturated heterocycles. The Labute approximate surface area is 223 Å². The molecule has 1 atom stereocenters. The predicted molar refractivity (Wildman–Crippen MR) is 160 cm³/mol. The van der Waals surface area contributed by atoms with Crippen LogP contribution in [0.15, 0.2) is 96.9 Å². The van der Waals surface area contributed by atoms with E-state index in [1.807, 2.05) is 6.33 Å². The number of nitrogens with zero attached hydrogens (tertiary/aromatic N) is 3. The predicted octanol–water partition coefficient (Wildman–Crippen LogP) is 8.97. The minimum atomic E-state index is -0.00840. The fraction of sp³-hybridized carbons (Fsp3) is 0.229. The van der Waals surface area contributed by atoms with Gasteiger partial charge in [0.2, 0.25) is 0 Å². The molecule has 3 nitrogen and oxygen atoms in total. The van der Waals surface area contributed by atoms with Gasteiger partial charge in [-0.15, -0.1) is 0 Å². The van der Waals surface area contributed by atoms with E-state index < -0.39 is 0 Å². The van der Waals surface area contributed by atoms with Gasteiger partial charge in [-0.2, -0.15) is 0 Å². The molecular formula is C35H31N3. The lowest BCUT2D eigenvalue weighted by Gasteiger charge is -2.28. The van der Waals surface area contributed by atoms with Crippen LogP contribution in [-0.4, -0.2) is 14.1 Å². The molecule has 2 aromatic heterocycles. The molecule has 0 saturated carbocycles. The topological polar surface area (TPSA) is 22.8 Å². The Morgan fingerprint density at radius 3 is 2.63 bits per heavy atom. The Morgan fingerprint density at radius 1 is 0.895 bits per heavy atom. The first-order chi connectivity index (χ1) is 18.5. The number of benzene rings is 3. The molecule has 0 radical (unpaired) electrons. The highest BCUT2D eigenvalue weighted by Gasteiger charge is 2.40. The molecule has 0 N–H and O–H groups in total. The highest BCUT2D eigenvalue weighted by Crippen LogP contribution is 2.54. The zero-order chi connectivity index (χ0) is 25.6. The van der Waals surface area contributed by atoms with Gasteiger partial charge in [-0.25, -0.2) is 4.98 Å². The first-order valence-corrected chi connectivity index (χ1v) is 13.9.